The Kier molecular flexibility index (Phi) is 6.41. The summed E-state index contributed by atoms with van der Waals surface area (Å²) in [6.45, 7) is 1.88. The number of hydrogen-bond donors (Lipinski definition) is 2. The molecule has 2 aromatic carbocycles. The van der Waals surface area contributed by atoms with Crippen LogP contribution in [0.3, 0.4) is 0 Å². The highest BCUT2D eigenvalue weighted by Gasteiger charge is 2.37. The molecule has 2 N–H and O–H groups in total. The highest BCUT2D eigenvalue weighted by Crippen LogP contribution is 2.26. The van der Waals surface area contributed by atoms with Gasteiger partial charge in [-0.05, 0) is 37.3 Å². The number of hydrazone groups is 1. The predicted molar refractivity (Wildman–Crippen MR) is 110 cm³/mol. The van der Waals surface area contributed by atoms with Crippen molar-refractivity contribution in [2.24, 2.45) is 5.10 Å². The van der Waals surface area contributed by atoms with Crippen molar-refractivity contribution in [3.8, 4) is 0 Å². The minimum atomic E-state index is -0.819. The lowest BCUT2D eigenvalue weighted by molar-refractivity contribution is -0.135. The zero-order chi connectivity index (χ0) is 21.7. The largest absolute Gasteiger partial charge is 0.461 e. The van der Waals surface area contributed by atoms with Gasteiger partial charge in [0, 0.05) is 19.2 Å². The number of hydrogen-bond acceptors (Lipinski definition) is 6. The van der Waals surface area contributed by atoms with Gasteiger partial charge < -0.3 is 15.4 Å². The van der Waals surface area contributed by atoms with Gasteiger partial charge in [-0.3, -0.25) is 14.6 Å². The minimum absolute atomic E-state index is 0.0447. The third-order valence-electron chi connectivity index (χ3n) is 4.45. The number of benzene rings is 2. The number of anilines is 2. The molecular weight excluding hydrogens is 391 g/mol. The van der Waals surface area contributed by atoms with Crippen LogP contribution < -0.4 is 15.6 Å². The molecule has 1 aliphatic heterocycles. The van der Waals surface area contributed by atoms with Crippen molar-refractivity contribution >= 4 is 34.9 Å². The Morgan fingerprint density at radius 1 is 1.20 bits per heavy atom. The molecule has 0 aliphatic carbocycles. The SMILES string of the molecule is CCOC(=O)C1=NN(c2ccccc2)C(C(=O)Nc2ccc(F)c(C(=O)NC)c2)C1. The maximum atomic E-state index is 13.9. The Balaban J connectivity index is 1.85. The molecule has 8 nitrogen and oxygen atoms in total. The molecule has 1 aliphatic rings. The third kappa shape index (κ3) is 4.45. The van der Waals surface area contributed by atoms with Gasteiger partial charge in [-0.25, -0.2) is 9.18 Å². The molecule has 2 aromatic rings. The van der Waals surface area contributed by atoms with Crippen LogP contribution in [0.15, 0.2) is 53.6 Å². The van der Waals surface area contributed by atoms with Crippen LogP contribution in [0, 0.1) is 5.82 Å². The number of nitrogens with one attached hydrogen (secondary N) is 2. The summed E-state index contributed by atoms with van der Waals surface area (Å²) in [5.41, 5.74) is 0.816. The zero-order valence-electron chi connectivity index (χ0n) is 16.5. The van der Waals surface area contributed by atoms with E-state index in [0.29, 0.717) is 5.69 Å². The average molecular weight is 412 g/mol. The lowest BCUT2D eigenvalue weighted by Crippen LogP contribution is -2.39. The molecule has 30 heavy (non-hydrogen) atoms. The molecule has 0 spiro atoms. The van der Waals surface area contributed by atoms with E-state index in [1.54, 1.807) is 31.2 Å². The molecule has 0 radical (unpaired) electrons. The number of halogens is 1. The van der Waals surface area contributed by atoms with Gasteiger partial charge in [0.15, 0.2) is 0 Å². The van der Waals surface area contributed by atoms with Crippen LogP contribution in [0.4, 0.5) is 15.8 Å². The number of ether oxygens (including phenoxy) is 1. The number of esters is 1. The second-order valence-electron chi connectivity index (χ2n) is 6.43. The Labute approximate surface area is 172 Å². The first-order valence-corrected chi connectivity index (χ1v) is 9.36. The topological polar surface area (TPSA) is 100 Å². The van der Waals surface area contributed by atoms with E-state index in [1.807, 2.05) is 6.07 Å². The molecule has 1 unspecified atom stereocenters. The van der Waals surface area contributed by atoms with Gasteiger partial charge in [0.2, 0.25) is 5.91 Å². The Hall–Kier alpha value is -3.75. The Bertz CT molecular complexity index is 994. The van der Waals surface area contributed by atoms with E-state index in [-0.39, 0.29) is 30.0 Å². The normalized spacial score (nSPS) is 15.4. The van der Waals surface area contributed by atoms with Crippen molar-refractivity contribution in [3.63, 3.8) is 0 Å². The zero-order valence-corrected chi connectivity index (χ0v) is 16.5. The fourth-order valence-corrected chi connectivity index (χ4v) is 3.01. The number of carbonyl (C=O) groups is 3. The molecule has 2 amide bonds. The first-order valence-electron chi connectivity index (χ1n) is 9.36. The van der Waals surface area contributed by atoms with Gasteiger partial charge in [0.05, 0.1) is 17.9 Å². The van der Waals surface area contributed by atoms with E-state index < -0.39 is 29.6 Å². The predicted octanol–water partition coefficient (Wildman–Crippen LogP) is 2.32. The van der Waals surface area contributed by atoms with Crippen molar-refractivity contribution in [1.82, 2.24) is 5.32 Å². The minimum Gasteiger partial charge on any atom is -0.461 e. The monoisotopic (exact) mass is 412 g/mol. The van der Waals surface area contributed by atoms with Crippen LogP contribution in [-0.2, 0) is 14.3 Å². The summed E-state index contributed by atoms with van der Waals surface area (Å²) in [5, 5.41) is 10.7. The van der Waals surface area contributed by atoms with E-state index in [0.717, 1.165) is 6.07 Å². The molecule has 0 saturated heterocycles. The van der Waals surface area contributed by atoms with E-state index in [4.69, 9.17) is 4.74 Å². The highest BCUT2D eigenvalue weighted by molar-refractivity contribution is 6.38. The number of para-hydroxylation sites is 1. The van der Waals surface area contributed by atoms with Gasteiger partial charge in [-0.2, -0.15) is 5.10 Å². The third-order valence-corrected chi connectivity index (χ3v) is 4.45. The smallest absolute Gasteiger partial charge is 0.354 e. The van der Waals surface area contributed by atoms with Gasteiger partial charge in [-0.15, -0.1) is 0 Å². The fraction of sp³-hybridized carbons (Fsp3) is 0.238. The Morgan fingerprint density at radius 3 is 2.60 bits per heavy atom. The molecular formula is C21H21FN4O4. The summed E-state index contributed by atoms with van der Waals surface area (Å²) in [5.74, 6) is -2.36. The van der Waals surface area contributed by atoms with Crippen LogP contribution in [0.25, 0.3) is 0 Å². The molecule has 0 bridgehead atoms. The molecule has 156 valence electrons. The molecule has 3 rings (SSSR count). The van der Waals surface area contributed by atoms with Crippen LogP contribution in [0.5, 0.6) is 0 Å². The summed E-state index contributed by atoms with van der Waals surface area (Å²) < 4.78 is 18.9. The summed E-state index contributed by atoms with van der Waals surface area (Å²) in [7, 11) is 1.39. The fourth-order valence-electron chi connectivity index (χ4n) is 3.01. The lowest BCUT2D eigenvalue weighted by atomic mass is 10.1. The molecule has 9 heteroatoms. The maximum Gasteiger partial charge on any atom is 0.354 e. The summed E-state index contributed by atoms with van der Waals surface area (Å²) >= 11 is 0. The van der Waals surface area contributed by atoms with Crippen molar-refractivity contribution < 1.29 is 23.5 Å². The highest BCUT2D eigenvalue weighted by atomic mass is 19.1. The van der Waals surface area contributed by atoms with Crippen LogP contribution in [0.2, 0.25) is 0 Å². The van der Waals surface area contributed by atoms with Crippen LogP contribution in [-0.4, -0.2) is 43.2 Å². The summed E-state index contributed by atoms with van der Waals surface area (Å²) in [6, 6.07) is 11.8. The van der Waals surface area contributed by atoms with Crippen LogP contribution in [0.1, 0.15) is 23.7 Å². The van der Waals surface area contributed by atoms with E-state index in [1.165, 1.54) is 24.2 Å². The number of amides is 2. The summed E-state index contributed by atoms with van der Waals surface area (Å²) in [6.07, 6.45) is 0.0447. The first-order chi connectivity index (χ1) is 14.4. The molecule has 1 heterocycles. The average Bonchev–Trinajstić information content (AvgIpc) is 3.21. The first kappa shape index (κ1) is 21.0. The van der Waals surface area contributed by atoms with E-state index in [2.05, 4.69) is 15.7 Å². The summed E-state index contributed by atoms with van der Waals surface area (Å²) in [4.78, 5) is 36.9. The van der Waals surface area contributed by atoms with E-state index >= 15 is 0 Å². The number of rotatable bonds is 6. The van der Waals surface area contributed by atoms with Gasteiger partial charge in [0.25, 0.3) is 5.91 Å². The molecule has 0 aromatic heterocycles. The second kappa shape index (κ2) is 9.17. The standard InChI is InChI=1S/C21H21FN4O4/c1-3-30-21(29)17-12-18(26(25-17)14-7-5-4-6-8-14)20(28)24-13-9-10-16(22)15(11-13)19(27)23-2/h4-11,18H,3,12H2,1-2H3,(H,23,27)(H,24,28). The quantitative estimate of drug-likeness (QED) is 0.710. The van der Waals surface area contributed by atoms with Crippen molar-refractivity contribution in [2.45, 2.75) is 19.4 Å². The van der Waals surface area contributed by atoms with Crippen LogP contribution >= 0.6 is 0 Å². The van der Waals surface area contributed by atoms with Crippen molar-refractivity contribution in [3.05, 3.63) is 59.9 Å². The van der Waals surface area contributed by atoms with Gasteiger partial charge in [0.1, 0.15) is 17.6 Å². The van der Waals surface area contributed by atoms with Gasteiger partial charge >= 0.3 is 5.97 Å². The second-order valence-corrected chi connectivity index (χ2v) is 6.43. The van der Waals surface area contributed by atoms with Crippen molar-refractivity contribution in [1.29, 1.82) is 0 Å². The van der Waals surface area contributed by atoms with Gasteiger partial charge in [-0.1, -0.05) is 18.2 Å². The van der Waals surface area contributed by atoms with E-state index in [9.17, 15) is 18.8 Å². The number of carbonyl (C=O) groups excluding carboxylic acids is 3. The molecule has 1 atom stereocenters. The van der Waals surface area contributed by atoms with Crippen molar-refractivity contribution in [2.75, 3.05) is 24.0 Å². The Morgan fingerprint density at radius 2 is 1.93 bits per heavy atom. The lowest BCUT2D eigenvalue weighted by Gasteiger charge is -2.22. The molecule has 0 saturated carbocycles. The number of nitrogens with zero attached hydrogens (tertiary/aromatic N) is 2. The molecule has 0 fully saturated rings. The maximum absolute atomic E-state index is 13.9.